The number of aryl methyl sites for hydroxylation is 2. The van der Waals surface area contributed by atoms with Gasteiger partial charge in [-0.2, -0.15) is 0 Å². The van der Waals surface area contributed by atoms with Crippen LogP contribution in [0, 0.1) is 6.92 Å². The van der Waals surface area contributed by atoms with Crippen LogP contribution in [-0.4, -0.2) is 11.5 Å². The van der Waals surface area contributed by atoms with Gasteiger partial charge in [-0.25, -0.2) is 4.98 Å². The van der Waals surface area contributed by atoms with Crippen LogP contribution in [0.15, 0.2) is 24.4 Å². The topological polar surface area (TPSA) is 50.9 Å². The second-order valence-electron chi connectivity index (χ2n) is 3.97. The number of aromatic nitrogens is 1. The first-order valence-electron chi connectivity index (χ1n) is 5.80. The summed E-state index contributed by atoms with van der Waals surface area (Å²) in [5.74, 6) is 0.627. The lowest BCUT2D eigenvalue weighted by atomic mass is 10.1. The maximum Gasteiger partial charge on any atom is 0.123 e. The predicted molar refractivity (Wildman–Crippen MR) is 69.1 cm³/mol. The van der Waals surface area contributed by atoms with E-state index in [0.29, 0.717) is 5.82 Å². The van der Waals surface area contributed by atoms with Gasteiger partial charge in [-0.3, -0.25) is 0 Å². The molecule has 16 heavy (non-hydrogen) atoms. The predicted octanol–water partition coefficient (Wildman–Crippen LogP) is 2.42. The van der Waals surface area contributed by atoms with Gasteiger partial charge in [-0.15, -0.1) is 0 Å². The Kier molecular flexibility index (Phi) is 5.40. The zero-order valence-electron chi connectivity index (χ0n) is 10.2. The van der Waals surface area contributed by atoms with Crippen LogP contribution in [0.2, 0.25) is 0 Å². The van der Waals surface area contributed by atoms with Crippen LogP contribution in [-0.2, 0) is 6.42 Å². The second-order valence-corrected chi connectivity index (χ2v) is 3.97. The van der Waals surface area contributed by atoms with E-state index in [1.807, 2.05) is 25.3 Å². The van der Waals surface area contributed by atoms with E-state index in [9.17, 15) is 0 Å². The Morgan fingerprint density at radius 1 is 1.38 bits per heavy atom. The van der Waals surface area contributed by atoms with Gasteiger partial charge in [0, 0.05) is 12.2 Å². The number of pyridine rings is 1. The average molecular weight is 219 g/mol. The molecule has 0 unspecified atom stereocenters. The van der Waals surface area contributed by atoms with Gasteiger partial charge >= 0.3 is 0 Å². The molecule has 0 atom stereocenters. The number of allylic oxidation sites excluding steroid dienone is 1. The van der Waals surface area contributed by atoms with E-state index in [1.54, 1.807) is 0 Å². The van der Waals surface area contributed by atoms with Crippen LogP contribution in [0.25, 0.3) is 0 Å². The fourth-order valence-corrected chi connectivity index (χ4v) is 1.63. The Hall–Kier alpha value is -1.51. The fourth-order valence-electron chi connectivity index (χ4n) is 1.63. The first-order chi connectivity index (χ1) is 7.72. The van der Waals surface area contributed by atoms with Crippen molar-refractivity contribution < 1.29 is 0 Å². The summed E-state index contributed by atoms with van der Waals surface area (Å²) in [7, 11) is 0. The van der Waals surface area contributed by atoms with Crippen molar-refractivity contribution in [2.75, 3.05) is 12.3 Å². The highest BCUT2D eigenvalue weighted by atomic mass is 14.8. The molecule has 0 amide bonds. The number of rotatable bonds is 6. The third-order valence-electron chi connectivity index (χ3n) is 2.33. The van der Waals surface area contributed by atoms with Gasteiger partial charge in [0.25, 0.3) is 0 Å². The Balaban J connectivity index is 2.26. The van der Waals surface area contributed by atoms with E-state index in [4.69, 9.17) is 5.73 Å². The summed E-state index contributed by atoms with van der Waals surface area (Å²) in [6, 6.07) is 4.01. The molecule has 0 radical (unpaired) electrons. The highest BCUT2D eigenvalue weighted by molar-refractivity contribution is 5.34. The Morgan fingerprint density at radius 3 is 2.88 bits per heavy atom. The van der Waals surface area contributed by atoms with E-state index in [2.05, 4.69) is 23.3 Å². The quantitative estimate of drug-likeness (QED) is 0.722. The Morgan fingerprint density at radius 2 is 2.19 bits per heavy atom. The number of nitrogens with zero attached hydrogens (tertiary/aromatic N) is 1. The second kappa shape index (κ2) is 6.88. The van der Waals surface area contributed by atoms with Crippen molar-refractivity contribution in [3.63, 3.8) is 0 Å². The summed E-state index contributed by atoms with van der Waals surface area (Å²) in [6.07, 6.45) is 7.27. The summed E-state index contributed by atoms with van der Waals surface area (Å²) in [5, 5.41) is 3.22. The van der Waals surface area contributed by atoms with E-state index in [0.717, 1.165) is 31.5 Å². The van der Waals surface area contributed by atoms with Crippen LogP contribution in [0.4, 0.5) is 5.82 Å². The highest BCUT2D eigenvalue weighted by Gasteiger charge is 1.97. The molecule has 1 heterocycles. The Labute approximate surface area is 97.8 Å². The number of anilines is 1. The standard InChI is InChI=1S/C13H21N3/c1-3-7-15-8-5-4-6-12-9-11(2)10-13(14)16-12/h3,7,9-10,15H,4-6,8H2,1-2H3,(H2,14,16)/b7-3+. The van der Waals surface area contributed by atoms with E-state index < -0.39 is 0 Å². The van der Waals surface area contributed by atoms with Crippen molar-refractivity contribution in [1.29, 1.82) is 0 Å². The molecule has 0 aliphatic rings. The highest BCUT2D eigenvalue weighted by Crippen LogP contribution is 2.08. The van der Waals surface area contributed by atoms with E-state index in [-0.39, 0.29) is 0 Å². The SMILES string of the molecule is C/C=C/NCCCCc1cc(C)cc(N)n1. The molecule has 0 spiro atoms. The van der Waals surface area contributed by atoms with E-state index in [1.165, 1.54) is 5.56 Å². The van der Waals surface area contributed by atoms with Crippen molar-refractivity contribution in [2.45, 2.75) is 33.1 Å². The first-order valence-corrected chi connectivity index (χ1v) is 5.80. The smallest absolute Gasteiger partial charge is 0.123 e. The molecule has 0 aromatic carbocycles. The lowest BCUT2D eigenvalue weighted by Crippen LogP contribution is -2.07. The maximum absolute atomic E-state index is 5.70. The van der Waals surface area contributed by atoms with Crippen LogP contribution < -0.4 is 11.1 Å². The van der Waals surface area contributed by atoms with Crippen molar-refractivity contribution in [1.82, 2.24) is 10.3 Å². The van der Waals surface area contributed by atoms with Crippen molar-refractivity contribution in [3.8, 4) is 0 Å². The third-order valence-corrected chi connectivity index (χ3v) is 2.33. The van der Waals surface area contributed by atoms with Gasteiger partial charge in [0.1, 0.15) is 5.82 Å². The van der Waals surface area contributed by atoms with Crippen molar-refractivity contribution in [2.24, 2.45) is 0 Å². The van der Waals surface area contributed by atoms with Crippen LogP contribution in [0.3, 0.4) is 0 Å². The first kappa shape index (κ1) is 12.6. The lowest BCUT2D eigenvalue weighted by molar-refractivity contribution is 0.687. The molecule has 1 rings (SSSR count). The number of nitrogens with one attached hydrogen (secondary N) is 1. The summed E-state index contributed by atoms with van der Waals surface area (Å²) in [6.45, 7) is 5.08. The molecular formula is C13H21N3. The fraction of sp³-hybridized carbons (Fsp3) is 0.462. The summed E-state index contributed by atoms with van der Waals surface area (Å²) in [4.78, 5) is 4.31. The van der Waals surface area contributed by atoms with Gasteiger partial charge in [-0.1, -0.05) is 6.08 Å². The number of hydrogen-bond acceptors (Lipinski definition) is 3. The largest absolute Gasteiger partial charge is 0.391 e. The van der Waals surface area contributed by atoms with Gasteiger partial charge in [0.05, 0.1) is 0 Å². The zero-order valence-corrected chi connectivity index (χ0v) is 10.2. The normalized spacial score (nSPS) is 10.9. The molecule has 0 aliphatic heterocycles. The number of nitrogens with two attached hydrogens (primary N) is 1. The summed E-state index contributed by atoms with van der Waals surface area (Å²) < 4.78 is 0. The van der Waals surface area contributed by atoms with E-state index >= 15 is 0 Å². The van der Waals surface area contributed by atoms with Gasteiger partial charge < -0.3 is 11.1 Å². The molecule has 0 fully saturated rings. The van der Waals surface area contributed by atoms with Crippen molar-refractivity contribution >= 4 is 5.82 Å². The average Bonchev–Trinajstić information content (AvgIpc) is 2.22. The van der Waals surface area contributed by atoms with Gasteiger partial charge in [-0.05, 0) is 57.0 Å². The minimum atomic E-state index is 0.627. The number of nitrogen functional groups attached to an aromatic ring is 1. The molecular weight excluding hydrogens is 198 g/mol. The van der Waals surface area contributed by atoms with Gasteiger partial charge in [0.2, 0.25) is 0 Å². The molecule has 3 N–H and O–H groups in total. The molecule has 0 saturated carbocycles. The van der Waals surface area contributed by atoms with Crippen LogP contribution in [0.1, 0.15) is 31.0 Å². The minimum Gasteiger partial charge on any atom is -0.391 e. The van der Waals surface area contributed by atoms with Gasteiger partial charge in [0.15, 0.2) is 0 Å². The van der Waals surface area contributed by atoms with Crippen molar-refractivity contribution in [3.05, 3.63) is 35.7 Å². The minimum absolute atomic E-state index is 0.627. The number of hydrogen-bond donors (Lipinski definition) is 2. The third kappa shape index (κ3) is 4.82. The molecule has 3 nitrogen and oxygen atoms in total. The van der Waals surface area contributed by atoms with Crippen LogP contribution >= 0.6 is 0 Å². The molecule has 0 aliphatic carbocycles. The summed E-state index contributed by atoms with van der Waals surface area (Å²) >= 11 is 0. The number of unbranched alkanes of at least 4 members (excludes halogenated alkanes) is 1. The monoisotopic (exact) mass is 219 g/mol. The molecule has 3 heteroatoms. The zero-order chi connectivity index (χ0) is 11.8. The molecule has 0 bridgehead atoms. The molecule has 0 saturated heterocycles. The summed E-state index contributed by atoms with van der Waals surface area (Å²) in [5.41, 5.74) is 7.99. The lowest BCUT2D eigenvalue weighted by Gasteiger charge is -2.04. The van der Waals surface area contributed by atoms with Crippen LogP contribution in [0.5, 0.6) is 0 Å². The Bertz CT molecular complexity index is 325. The molecule has 1 aromatic heterocycles. The maximum atomic E-state index is 5.70. The molecule has 1 aromatic rings. The molecule has 88 valence electrons.